The third-order valence-corrected chi connectivity index (χ3v) is 1.62. The zero-order valence-electron chi connectivity index (χ0n) is 7.74. The fourth-order valence-corrected chi connectivity index (χ4v) is 0.871. The van der Waals surface area contributed by atoms with Gasteiger partial charge in [-0.25, -0.2) is 13.8 Å². The van der Waals surface area contributed by atoms with Crippen molar-refractivity contribution in [1.82, 2.24) is 4.98 Å². The highest BCUT2D eigenvalue weighted by Gasteiger charge is 2.27. The van der Waals surface area contributed by atoms with Crippen molar-refractivity contribution < 1.29 is 13.9 Å². The third kappa shape index (κ3) is 3.48. The van der Waals surface area contributed by atoms with Crippen LogP contribution in [0.15, 0.2) is 18.2 Å². The van der Waals surface area contributed by atoms with Gasteiger partial charge >= 0.3 is 0 Å². The Bertz CT molecular complexity index is 376. The van der Waals surface area contributed by atoms with Crippen molar-refractivity contribution >= 4 is 5.82 Å². The number of hydrogen-bond donors (Lipinski definition) is 2. The molecule has 0 fully saturated rings. The summed E-state index contributed by atoms with van der Waals surface area (Å²) in [7, 11) is 0. The molecule has 80 valence electrons. The lowest BCUT2D eigenvalue weighted by Crippen LogP contribution is -2.31. The van der Waals surface area contributed by atoms with Gasteiger partial charge in [-0.3, -0.25) is 0 Å². The topological polar surface area (TPSA) is 68.9 Å². The maximum Gasteiger partial charge on any atom is 0.287 e. The standard InChI is InChI=1S/C9H9F2N3O/c10-9(11,6-15)5-13-8-3-1-2-7(4-12)14-8/h1-3,15H,5-6H2,(H,13,14). The molecule has 0 unspecified atom stereocenters. The second-order valence-corrected chi connectivity index (χ2v) is 2.89. The highest BCUT2D eigenvalue weighted by atomic mass is 19.3. The zero-order valence-corrected chi connectivity index (χ0v) is 7.74. The Morgan fingerprint density at radius 1 is 1.53 bits per heavy atom. The monoisotopic (exact) mass is 213 g/mol. The average molecular weight is 213 g/mol. The molecule has 0 atom stereocenters. The minimum atomic E-state index is -3.19. The fraction of sp³-hybridized carbons (Fsp3) is 0.333. The summed E-state index contributed by atoms with van der Waals surface area (Å²) in [5.41, 5.74) is 0.146. The summed E-state index contributed by atoms with van der Waals surface area (Å²) in [6, 6.07) is 6.26. The number of aliphatic hydroxyl groups is 1. The third-order valence-electron chi connectivity index (χ3n) is 1.62. The van der Waals surface area contributed by atoms with Gasteiger partial charge in [0, 0.05) is 0 Å². The molecule has 1 heterocycles. The van der Waals surface area contributed by atoms with Crippen LogP contribution in [-0.4, -0.2) is 29.2 Å². The Labute approximate surface area is 85.2 Å². The first-order valence-electron chi connectivity index (χ1n) is 4.17. The summed E-state index contributed by atoms with van der Waals surface area (Å²) >= 11 is 0. The number of rotatable bonds is 4. The molecule has 0 aliphatic rings. The normalized spacial score (nSPS) is 10.8. The molecule has 0 spiro atoms. The van der Waals surface area contributed by atoms with Crippen molar-refractivity contribution in [1.29, 1.82) is 5.26 Å². The van der Waals surface area contributed by atoms with Gasteiger partial charge in [0.05, 0.1) is 6.54 Å². The van der Waals surface area contributed by atoms with Crippen LogP contribution in [0.3, 0.4) is 0 Å². The molecular formula is C9H9F2N3O. The Balaban J connectivity index is 2.62. The number of hydrogen-bond acceptors (Lipinski definition) is 4. The van der Waals surface area contributed by atoms with Gasteiger partial charge in [-0.2, -0.15) is 5.26 Å². The number of aliphatic hydroxyl groups excluding tert-OH is 1. The van der Waals surface area contributed by atoms with E-state index in [9.17, 15) is 8.78 Å². The van der Waals surface area contributed by atoms with Crippen molar-refractivity contribution in [2.75, 3.05) is 18.5 Å². The van der Waals surface area contributed by atoms with Crippen LogP contribution in [0.2, 0.25) is 0 Å². The smallest absolute Gasteiger partial charge is 0.287 e. The second-order valence-electron chi connectivity index (χ2n) is 2.89. The molecule has 0 aliphatic carbocycles. The number of nitrogens with one attached hydrogen (secondary N) is 1. The van der Waals surface area contributed by atoms with Crippen LogP contribution < -0.4 is 5.32 Å². The molecule has 0 bridgehead atoms. The van der Waals surface area contributed by atoms with Crippen molar-refractivity contribution in [2.24, 2.45) is 0 Å². The molecule has 1 rings (SSSR count). The molecule has 15 heavy (non-hydrogen) atoms. The predicted octanol–water partition coefficient (Wildman–Crippen LogP) is 0.993. The molecule has 0 saturated heterocycles. The Kier molecular flexibility index (Phi) is 3.52. The first-order chi connectivity index (χ1) is 7.07. The number of pyridine rings is 1. The minimum absolute atomic E-state index is 0.146. The fourth-order valence-electron chi connectivity index (χ4n) is 0.871. The lowest BCUT2D eigenvalue weighted by atomic mass is 10.3. The van der Waals surface area contributed by atoms with E-state index in [1.807, 2.05) is 0 Å². The van der Waals surface area contributed by atoms with Crippen LogP contribution in [0.1, 0.15) is 5.69 Å². The molecule has 1 aromatic heterocycles. The van der Waals surface area contributed by atoms with Crippen LogP contribution in [0, 0.1) is 11.3 Å². The van der Waals surface area contributed by atoms with Gasteiger partial charge in [-0.05, 0) is 12.1 Å². The van der Waals surface area contributed by atoms with Crippen molar-refractivity contribution in [3.8, 4) is 6.07 Å². The molecule has 0 aromatic carbocycles. The van der Waals surface area contributed by atoms with E-state index in [1.165, 1.54) is 18.2 Å². The molecule has 2 N–H and O–H groups in total. The molecule has 6 heteroatoms. The highest BCUT2D eigenvalue weighted by Crippen LogP contribution is 2.13. The summed E-state index contributed by atoms with van der Waals surface area (Å²) in [6.45, 7) is -1.94. The van der Waals surface area contributed by atoms with E-state index in [0.29, 0.717) is 0 Å². The number of anilines is 1. The van der Waals surface area contributed by atoms with E-state index in [-0.39, 0.29) is 11.5 Å². The molecule has 4 nitrogen and oxygen atoms in total. The van der Waals surface area contributed by atoms with Crippen molar-refractivity contribution in [2.45, 2.75) is 5.92 Å². The number of alkyl halides is 2. The van der Waals surface area contributed by atoms with Crippen LogP contribution in [0.4, 0.5) is 14.6 Å². The van der Waals surface area contributed by atoms with Crippen LogP contribution >= 0.6 is 0 Å². The predicted molar refractivity (Wildman–Crippen MR) is 49.5 cm³/mol. The first kappa shape index (κ1) is 11.3. The quantitative estimate of drug-likeness (QED) is 0.782. The maximum absolute atomic E-state index is 12.6. The molecular weight excluding hydrogens is 204 g/mol. The van der Waals surface area contributed by atoms with Crippen molar-refractivity contribution in [3.05, 3.63) is 23.9 Å². The van der Waals surface area contributed by atoms with Gasteiger partial charge in [0.2, 0.25) is 0 Å². The maximum atomic E-state index is 12.6. The van der Waals surface area contributed by atoms with Crippen LogP contribution in [0.5, 0.6) is 0 Å². The van der Waals surface area contributed by atoms with E-state index in [2.05, 4.69) is 10.3 Å². The van der Waals surface area contributed by atoms with Gasteiger partial charge < -0.3 is 10.4 Å². The molecule has 0 radical (unpaired) electrons. The summed E-state index contributed by atoms with van der Waals surface area (Å²) < 4.78 is 25.2. The lowest BCUT2D eigenvalue weighted by molar-refractivity contribution is -0.0373. The summed E-state index contributed by atoms with van der Waals surface area (Å²) in [5, 5.41) is 19.2. The van der Waals surface area contributed by atoms with E-state index in [1.54, 1.807) is 6.07 Å². The number of nitriles is 1. The Morgan fingerprint density at radius 2 is 2.27 bits per heavy atom. The largest absolute Gasteiger partial charge is 0.390 e. The van der Waals surface area contributed by atoms with Gasteiger partial charge in [-0.1, -0.05) is 6.07 Å². The van der Waals surface area contributed by atoms with Crippen LogP contribution in [0.25, 0.3) is 0 Å². The lowest BCUT2D eigenvalue weighted by Gasteiger charge is -2.14. The Morgan fingerprint density at radius 3 is 2.87 bits per heavy atom. The second kappa shape index (κ2) is 4.66. The minimum Gasteiger partial charge on any atom is -0.390 e. The average Bonchev–Trinajstić information content (AvgIpc) is 2.27. The van der Waals surface area contributed by atoms with E-state index in [4.69, 9.17) is 10.4 Å². The number of halogens is 2. The Hall–Kier alpha value is -1.74. The van der Waals surface area contributed by atoms with Gasteiger partial charge in [0.15, 0.2) is 0 Å². The zero-order chi connectivity index (χ0) is 11.3. The molecule has 0 saturated carbocycles. The van der Waals surface area contributed by atoms with E-state index < -0.39 is 19.1 Å². The summed E-state index contributed by atoms with van der Waals surface area (Å²) in [4.78, 5) is 3.74. The SMILES string of the molecule is N#Cc1cccc(NCC(F)(F)CO)n1. The van der Waals surface area contributed by atoms with Gasteiger partial charge in [0.1, 0.15) is 24.2 Å². The number of nitrogens with zero attached hydrogens (tertiary/aromatic N) is 2. The van der Waals surface area contributed by atoms with Gasteiger partial charge in [0.25, 0.3) is 5.92 Å². The number of aromatic nitrogens is 1. The summed E-state index contributed by atoms with van der Waals surface area (Å²) in [6.07, 6.45) is 0. The first-order valence-corrected chi connectivity index (χ1v) is 4.17. The summed E-state index contributed by atoms with van der Waals surface area (Å²) in [5.74, 6) is -3.01. The molecule has 0 aliphatic heterocycles. The van der Waals surface area contributed by atoms with E-state index in [0.717, 1.165) is 0 Å². The van der Waals surface area contributed by atoms with Gasteiger partial charge in [-0.15, -0.1) is 0 Å². The van der Waals surface area contributed by atoms with Crippen LogP contribution in [-0.2, 0) is 0 Å². The molecule has 1 aromatic rings. The highest BCUT2D eigenvalue weighted by molar-refractivity contribution is 5.38. The molecule has 0 amide bonds. The van der Waals surface area contributed by atoms with E-state index >= 15 is 0 Å². The van der Waals surface area contributed by atoms with Crippen molar-refractivity contribution in [3.63, 3.8) is 0 Å².